The summed E-state index contributed by atoms with van der Waals surface area (Å²) in [7, 11) is 0. The number of benzene rings is 9. The zero-order valence-electron chi connectivity index (χ0n) is 33.6. The Morgan fingerprint density at radius 2 is 0.726 bits per heavy atom. The average molecular weight is 789 g/mol. The van der Waals surface area contributed by atoms with Crippen molar-refractivity contribution < 1.29 is 0 Å². The van der Waals surface area contributed by atoms with Gasteiger partial charge in [-0.2, -0.15) is 0 Å². The highest BCUT2D eigenvalue weighted by Gasteiger charge is 2.52. The van der Waals surface area contributed by atoms with Crippen LogP contribution in [0, 0.1) is 0 Å². The van der Waals surface area contributed by atoms with E-state index in [9.17, 15) is 0 Å². The van der Waals surface area contributed by atoms with Gasteiger partial charge < -0.3 is 4.57 Å². The van der Waals surface area contributed by atoms with Crippen LogP contribution in [0.5, 0.6) is 0 Å². The highest BCUT2D eigenvalue weighted by atomic mass is 15.0. The first-order valence-electron chi connectivity index (χ1n) is 21.2. The van der Waals surface area contributed by atoms with Crippen molar-refractivity contribution in [3.8, 4) is 73.2 Å². The SMILES string of the molecule is c1ccc(-c2nc(-c3ccc(-n4c5ccccc5c5ccccc54)cc3)nc(-c3ccccc3-c3cccc4c3-c3ccccc3C43c4ccccc4-c4ccccc43)n2)cc1. The van der Waals surface area contributed by atoms with E-state index in [0.29, 0.717) is 17.5 Å². The minimum Gasteiger partial charge on any atom is -0.309 e. The van der Waals surface area contributed by atoms with Crippen LogP contribution in [0.25, 0.3) is 95.0 Å². The maximum absolute atomic E-state index is 5.32. The first-order chi connectivity index (χ1) is 30.8. The highest BCUT2D eigenvalue weighted by Crippen LogP contribution is 2.64. The van der Waals surface area contributed by atoms with Crippen molar-refractivity contribution in [2.45, 2.75) is 5.41 Å². The van der Waals surface area contributed by atoms with Gasteiger partial charge in [0.15, 0.2) is 17.5 Å². The van der Waals surface area contributed by atoms with E-state index in [1.54, 1.807) is 0 Å². The maximum Gasteiger partial charge on any atom is 0.164 e. The van der Waals surface area contributed by atoms with E-state index in [0.717, 1.165) is 33.5 Å². The summed E-state index contributed by atoms with van der Waals surface area (Å²) < 4.78 is 2.34. The van der Waals surface area contributed by atoms with Crippen LogP contribution < -0.4 is 0 Å². The Kier molecular flexibility index (Phi) is 7.49. The van der Waals surface area contributed by atoms with Crippen LogP contribution in [-0.4, -0.2) is 19.5 Å². The van der Waals surface area contributed by atoms with Crippen LogP contribution in [0.3, 0.4) is 0 Å². The van der Waals surface area contributed by atoms with Crippen molar-refractivity contribution in [2.24, 2.45) is 0 Å². The molecule has 2 aliphatic carbocycles. The molecule has 0 unspecified atom stereocenters. The summed E-state index contributed by atoms with van der Waals surface area (Å²) in [5, 5.41) is 2.47. The number of aromatic nitrogens is 4. The van der Waals surface area contributed by atoms with Crippen molar-refractivity contribution in [3.63, 3.8) is 0 Å². The summed E-state index contributed by atoms with van der Waals surface area (Å²) in [5.41, 5.74) is 18.4. The van der Waals surface area contributed by atoms with Gasteiger partial charge in [-0.25, -0.2) is 15.0 Å². The molecular formula is C58H36N4. The third kappa shape index (κ3) is 4.86. The van der Waals surface area contributed by atoms with Crippen LogP contribution in [-0.2, 0) is 5.41 Å². The number of rotatable bonds is 5. The minimum absolute atomic E-state index is 0.434. The Morgan fingerprint density at radius 1 is 0.290 bits per heavy atom. The number of para-hydroxylation sites is 2. The average Bonchev–Trinajstić information content (AvgIpc) is 3.96. The first kappa shape index (κ1) is 34.6. The third-order valence-corrected chi connectivity index (χ3v) is 13.1. The van der Waals surface area contributed by atoms with E-state index in [-0.39, 0.29) is 0 Å². The molecule has 9 aromatic carbocycles. The lowest BCUT2D eigenvalue weighted by Crippen LogP contribution is -2.25. The van der Waals surface area contributed by atoms with E-state index < -0.39 is 5.41 Å². The molecule has 0 saturated carbocycles. The van der Waals surface area contributed by atoms with Crippen LogP contribution in [0.1, 0.15) is 22.3 Å². The van der Waals surface area contributed by atoms with Gasteiger partial charge in [0.1, 0.15) is 0 Å². The summed E-state index contributed by atoms with van der Waals surface area (Å²) in [5.74, 6) is 1.89. The second-order valence-corrected chi connectivity index (χ2v) is 16.2. The summed E-state index contributed by atoms with van der Waals surface area (Å²) in [4.78, 5) is 15.7. The molecule has 288 valence electrons. The number of fused-ring (bicyclic) bond motifs is 13. The van der Waals surface area contributed by atoms with E-state index in [1.165, 1.54) is 66.3 Å². The molecule has 0 N–H and O–H groups in total. The summed E-state index contributed by atoms with van der Waals surface area (Å²) in [6.45, 7) is 0. The predicted molar refractivity (Wildman–Crippen MR) is 252 cm³/mol. The summed E-state index contributed by atoms with van der Waals surface area (Å²) in [6.07, 6.45) is 0. The largest absolute Gasteiger partial charge is 0.309 e. The lowest BCUT2D eigenvalue weighted by Gasteiger charge is -2.30. The Morgan fingerprint density at radius 3 is 1.35 bits per heavy atom. The molecule has 2 aliphatic rings. The molecule has 2 aromatic heterocycles. The van der Waals surface area contributed by atoms with Crippen molar-refractivity contribution in [1.82, 2.24) is 19.5 Å². The first-order valence-corrected chi connectivity index (χ1v) is 21.2. The van der Waals surface area contributed by atoms with E-state index in [1.807, 2.05) is 18.2 Å². The van der Waals surface area contributed by atoms with E-state index in [4.69, 9.17) is 15.0 Å². The lowest BCUT2D eigenvalue weighted by molar-refractivity contribution is 0.794. The molecule has 4 nitrogen and oxygen atoms in total. The minimum atomic E-state index is -0.434. The fourth-order valence-corrected chi connectivity index (χ4v) is 10.6. The quantitative estimate of drug-likeness (QED) is 0.174. The Labute approximate surface area is 359 Å². The van der Waals surface area contributed by atoms with Gasteiger partial charge in [-0.05, 0) is 92.0 Å². The Balaban J connectivity index is 0.996. The molecule has 0 amide bonds. The Bertz CT molecular complexity index is 3480. The maximum atomic E-state index is 5.32. The molecule has 2 heterocycles. The Hall–Kier alpha value is -8.21. The fraction of sp³-hybridized carbons (Fsp3) is 0.0172. The highest BCUT2D eigenvalue weighted by molar-refractivity contribution is 6.09. The van der Waals surface area contributed by atoms with Gasteiger partial charge in [-0.3, -0.25) is 0 Å². The van der Waals surface area contributed by atoms with Crippen molar-refractivity contribution >= 4 is 21.8 Å². The van der Waals surface area contributed by atoms with Gasteiger partial charge in [0, 0.05) is 33.2 Å². The van der Waals surface area contributed by atoms with Crippen molar-refractivity contribution in [2.75, 3.05) is 0 Å². The van der Waals surface area contributed by atoms with Gasteiger partial charge in [-0.1, -0.05) is 182 Å². The molecule has 13 rings (SSSR count). The molecule has 0 fully saturated rings. The van der Waals surface area contributed by atoms with Gasteiger partial charge in [0.25, 0.3) is 0 Å². The molecule has 4 heteroatoms. The van der Waals surface area contributed by atoms with Gasteiger partial charge in [0.05, 0.1) is 16.4 Å². The molecule has 0 atom stereocenters. The summed E-state index contributed by atoms with van der Waals surface area (Å²) >= 11 is 0. The van der Waals surface area contributed by atoms with E-state index >= 15 is 0 Å². The topological polar surface area (TPSA) is 43.6 Å². The molecular weight excluding hydrogens is 753 g/mol. The van der Waals surface area contributed by atoms with Crippen LogP contribution >= 0.6 is 0 Å². The molecule has 0 bridgehead atoms. The number of nitrogens with zero attached hydrogens (tertiary/aromatic N) is 4. The third-order valence-electron chi connectivity index (χ3n) is 13.1. The zero-order valence-corrected chi connectivity index (χ0v) is 33.6. The smallest absolute Gasteiger partial charge is 0.164 e. The zero-order chi connectivity index (χ0) is 40.8. The summed E-state index contributed by atoms with van der Waals surface area (Å²) in [6, 6.07) is 78.4. The monoisotopic (exact) mass is 788 g/mol. The molecule has 62 heavy (non-hydrogen) atoms. The van der Waals surface area contributed by atoms with Crippen molar-refractivity contribution in [1.29, 1.82) is 0 Å². The normalized spacial score (nSPS) is 13.0. The predicted octanol–water partition coefficient (Wildman–Crippen LogP) is 14.0. The van der Waals surface area contributed by atoms with Crippen molar-refractivity contribution in [3.05, 3.63) is 241 Å². The fourth-order valence-electron chi connectivity index (χ4n) is 10.6. The second-order valence-electron chi connectivity index (χ2n) is 16.2. The standard InChI is InChI=1S/C58H36N4/c1-2-17-37(18-3-1)55-59-56(38-33-35-39(36-34-38)62-52-31-14-9-22-43(52)44-23-10-15-32-53(44)62)61-57(60-55)46-24-5-4-19-40(46)45-26-16-30-51-54(45)47-25-8-13-29-50(47)58(51)48-27-11-6-20-41(48)42-21-7-12-28-49(42)58/h1-36H. The number of hydrogen-bond acceptors (Lipinski definition) is 3. The molecule has 0 aliphatic heterocycles. The molecule has 1 spiro atoms. The molecule has 0 radical (unpaired) electrons. The van der Waals surface area contributed by atoms with Crippen LogP contribution in [0.2, 0.25) is 0 Å². The molecule has 0 saturated heterocycles. The lowest BCUT2D eigenvalue weighted by atomic mass is 9.70. The second kappa shape index (κ2) is 13.4. The van der Waals surface area contributed by atoms with E-state index in [2.05, 4.69) is 205 Å². The molecule has 11 aromatic rings. The van der Waals surface area contributed by atoms with Gasteiger partial charge in [-0.15, -0.1) is 0 Å². The van der Waals surface area contributed by atoms with Gasteiger partial charge >= 0.3 is 0 Å². The van der Waals surface area contributed by atoms with Crippen LogP contribution in [0.4, 0.5) is 0 Å². The number of hydrogen-bond donors (Lipinski definition) is 0. The van der Waals surface area contributed by atoms with Gasteiger partial charge in [0.2, 0.25) is 0 Å². The van der Waals surface area contributed by atoms with Crippen LogP contribution in [0.15, 0.2) is 218 Å².